The summed E-state index contributed by atoms with van der Waals surface area (Å²) in [7, 11) is 1.66. The quantitative estimate of drug-likeness (QED) is 0.304. The van der Waals surface area contributed by atoms with E-state index in [1.807, 2.05) is 0 Å². The lowest BCUT2D eigenvalue weighted by molar-refractivity contribution is 0.196. The van der Waals surface area contributed by atoms with Gasteiger partial charge >= 0.3 is 0 Å². The minimum atomic E-state index is -0.0671. The summed E-state index contributed by atoms with van der Waals surface area (Å²) in [5.41, 5.74) is 0. The maximum atomic E-state index is 8.29. The molecule has 0 bridgehead atoms. The van der Waals surface area contributed by atoms with Crippen LogP contribution in [0.25, 0.3) is 0 Å². The molecule has 0 spiro atoms. The summed E-state index contributed by atoms with van der Waals surface area (Å²) in [5.74, 6) is 0. The fourth-order valence-corrected chi connectivity index (χ4v) is 0.181. The number of hydrogen-bond acceptors (Lipinski definition) is 2. The molecule has 0 rings (SSSR count). The Morgan fingerprint density at radius 1 is 2.00 bits per heavy atom. The Labute approximate surface area is 53.5 Å². The third-order valence-corrected chi connectivity index (χ3v) is 1.19. The van der Waals surface area contributed by atoms with Crippen molar-refractivity contribution in [3.63, 3.8) is 0 Å². The molecule has 2 nitrogen and oxygen atoms in total. The molecule has 0 aromatic carbocycles. The molecule has 4 heteroatoms. The second-order valence-electron chi connectivity index (χ2n) is 1.12. The maximum absolute atomic E-state index is 8.29. The molecule has 1 N–H and O–H groups in total. The zero-order chi connectivity index (χ0) is 5.86. The first kappa shape index (κ1) is 7.20. The van der Waals surface area contributed by atoms with Gasteiger partial charge in [-0.1, -0.05) is 12.2 Å². The van der Waals surface area contributed by atoms with Crippen LogP contribution in [0.2, 0.25) is 0 Å². The second kappa shape index (κ2) is 3.23. The summed E-state index contributed by atoms with van der Waals surface area (Å²) in [6.07, 6.45) is 0. The van der Waals surface area contributed by atoms with Crippen LogP contribution in [0.5, 0.6) is 0 Å². The van der Waals surface area contributed by atoms with Crippen molar-refractivity contribution in [2.45, 2.75) is 0 Å². The van der Waals surface area contributed by atoms with Crippen molar-refractivity contribution in [3.8, 4) is 0 Å². The lowest BCUT2D eigenvalue weighted by Gasteiger charge is -2.10. The molecule has 0 aromatic rings. The van der Waals surface area contributed by atoms with E-state index in [1.54, 1.807) is 7.05 Å². The van der Waals surface area contributed by atoms with Gasteiger partial charge in [0.1, 0.15) is 11.1 Å². The highest BCUT2D eigenvalue weighted by molar-refractivity contribution is 8.10. The van der Waals surface area contributed by atoms with Gasteiger partial charge in [0, 0.05) is 7.05 Å². The van der Waals surface area contributed by atoms with Crippen LogP contribution < -0.4 is 0 Å². The van der Waals surface area contributed by atoms with Gasteiger partial charge in [0.25, 0.3) is 0 Å². The standard InChI is InChI=1S/C3H7NOS2/c1-4(2-5)3(6)7/h5H,2H2,1H3,(H,6,7). The number of thiol groups is 1. The van der Waals surface area contributed by atoms with Gasteiger partial charge in [-0.15, -0.1) is 12.6 Å². The predicted octanol–water partition coefficient (Wildman–Crippen LogP) is 0.0827. The molecule has 42 valence electrons. The number of hydrogen-bond donors (Lipinski definition) is 2. The second-order valence-corrected chi connectivity index (χ2v) is 2.23. The van der Waals surface area contributed by atoms with Crippen LogP contribution in [-0.2, 0) is 0 Å². The van der Waals surface area contributed by atoms with Gasteiger partial charge in [-0.2, -0.15) is 0 Å². The van der Waals surface area contributed by atoms with Crippen molar-refractivity contribution in [3.05, 3.63) is 0 Å². The SMILES string of the molecule is CN(CO)C(=S)S. The Morgan fingerprint density at radius 2 is 2.43 bits per heavy atom. The zero-order valence-electron chi connectivity index (χ0n) is 3.96. The summed E-state index contributed by atoms with van der Waals surface area (Å²) in [6, 6.07) is 0. The number of thiocarbonyl (C=S) groups is 1. The monoisotopic (exact) mass is 137 g/mol. The largest absolute Gasteiger partial charge is 0.376 e. The molecule has 0 atom stereocenters. The Kier molecular flexibility index (Phi) is 3.33. The van der Waals surface area contributed by atoms with Crippen molar-refractivity contribution in [2.24, 2.45) is 0 Å². The van der Waals surface area contributed by atoms with Gasteiger partial charge < -0.3 is 10.0 Å². The van der Waals surface area contributed by atoms with E-state index in [9.17, 15) is 0 Å². The number of aliphatic hydroxyl groups is 1. The Bertz CT molecular complexity index is 75.3. The zero-order valence-corrected chi connectivity index (χ0v) is 5.67. The van der Waals surface area contributed by atoms with Crippen LogP contribution in [0.1, 0.15) is 0 Å². The van der Waals surface area contributed by atoms with Gasteiger partial charge in [0.15, 0.2) is 0 Å². The van der Waals surface area contributed by atoms with Gasteiger partial charge in [-0.25, -0.2) is 0 Å². The Hall–Kier alpha value is 0.200. The van der Waals surface area contributed by atoms with E-state index in [0.717, 1.165) is 0 Å². The molecule has 0 fully saturated rings. The minimum absolute atomic E-state index is 0.0671. The van der Waals surface area contributed by atoms with E-state index in [0.29, 0.717) is 4.32 Å². The fraction of sp³-hybridized carbons (Fsp3) is 0.667. The molecule has 0 heterocycles. The molecule has 0 aliphatic carbocycles. The molecule has 0 aliphatic heterocycles. The first-order valence-electron chi connectivity index (χ1n) is 1.73. The number of rotatable bonds is 1. The maximum Gasteiger partial charge on any atom is 0.134 e. The van der Waals surface area contributed by atoms with Crippen molar-refractivity contribution in [1.82, 2.24) is 4.90 Å². The summed E-state index contributed by atoms with van der Waals surface area (Å²) in [6.45, 7) is -0.0671. The smallest absolute Gasteiger partial charge is 0.134 e. The van der Waals surface area contributed by atoms with Crippen molar-refractivity contribution >= 4 is 29.2 Å². The van der Waals surface area contributed by atoms with Crippen LogP contribution in [0.4, 0.5) is 0 Å². The summed E-state index contributed by atoms with van der Waals surface area (Å²) in [4.78, 5) is 1.44. The highest BCUT2D eigenvalue weighted by atomic mass is 32.1. The van der Waals surface area contributed by atoms with E-state index in [2.05, 4.69) is 24.8 Å². The first-order chi connectivity index (χ1) is 3.18. The molecule has 0 saturated heterocycles. The van der Waals surface area contributed by atoms with Crippen LogP contribution in [0.15, 0.2) is 0 Å². The Balaban J connectivity index is 3.34. The number of nitrogens with zero attached hydrogens (tertiary/aromatic N) is 1. The Morgan fingerprint density at radius 3 is 2.43 bits per heavy atom. The molecule has 0 aromatic heterocycles. The van der Waals surface area contributed by atoms with E-state index in [4.69, 9.17) is 5.11 Å². The topological polar surface area (TPSA) is 23.5 Å². The first-order valence-corrected chi connectivity index (χ1v) is 2.59. The molecular formula is C3H7NOS2. The lowest BCUT2D eigenvalue weighted by atomic mass is 10.9. The van der Waals surface area contributed by atoms with Crippen LogP contribution in [0.3, 0.4) is 0 Å². The van der Waals surface area contributed by atoms with Gasteiger partial charge in [0.2, 0.25) is 0 Å². The van der Waals surface area contributed by atoms with E-state index in [-0.39, 0.29) is 6.73 Å². The van der Waals surface area contributed by atoms with Crippen molar-refractivity contribution in [1.29, 1.82) is 0 Å². The van der Waals surface area contributed by atoms with Crippen LogP contribution in [0, 0.1) is 0 Å². The van der Waals surface area contributed by atoms with E-state index in [1.165, 1.54) is 4.90 Å². The van der Waals surface area contributed by atoms with Crippen LogP contribution >= 0.6 is 24.8 Å². The summed E-state index contributed by atoms with van der Waals surface area (Å²) >= 11 is 8.32. The van der Waals surface area contributed by atoms with Crippen molar-refractivity contribution < 1.29 is 5.11 Å². The normalized spacial score (nSPS) is 8.43. The summed E-state index contributed by atoms with van der Waals surface area (Å²) in [5, 5.41) is 8.29. The fourth-order valence-electron chi connectivity index (χ4n) is 0.0605. The average molecular weight is 137 g/mol. The third-order valence-electron chi connectivity index (χ3n) is 0.539. The minimum Gasteiger partial charge on any atom is -0.376 e. The number of aliphatic hydroxyl groups excluding tert-OH is 1. The third kappa shape index (κ3) is 2.85. The molecular weight excluding hydrogens is 130 g/mol. The van der Waals surface area contributed by atoms with Crippen molar-refractivity contribution in [2.75, 3.05) is 13.8 Å². The van der Waals surface area contributed by atoms with E-state index < -0.39 is 0 Å². The van der Waals surface area contributed by atoms with E-state index >= 15 is 0 Å². The van der Waals surface area contributed by atoms with Gasteiger partial charge in [-0.05, 0) is 0 Å². The average Bonchev–Trinajstić information content (AvgIpc) is 1.65. The highest BCUT2D eigenvalue weighted by Gasteiger charge is 1.91. The lowest BCUT2D eigenvalue weighted by Crippen LogP contribution is -2.21. The summed E-state index contributed by atoms with van der Waals surface area (Å²) < 4.78 is 0.405. The predicted molar refractivity (Wildman–Crippen MR) is 36.4 cm³/mol. The highest BCUT2D eigenvalue weighted by Crippen LogP contribution is 1.87. The molecule has 7 heavy (non-hydrogen) atoms. The van der Waals surface area contributed by atoms with Gasteiger partial charge in [0.05, 0.1) is 0 Å². The molecule has 0 saturated carbocycles. The molecule has 0 unspecified atom stereocenters. The van der Waals surface area contributed by atoms with Gasteiger partial charge in [-0.3, -0.25) is 0 Å². The molecule has 0 amide bonds. The molecule has 0 aliphatic rings. The van der Waals surface area contributed by atoms with Crippen LogP contribution in [-0.4, -0.2) is 28.1 Å². The molecule has 0 radical (unpaired) electrons.